The van der Waals surface area contributed by atoms with Gasteiger partial charge in [0.15, 0.2) is 0 Å². The lowest BCUT2D eigenvalue weighted by molar-refractivity contribution is 0.311. The van der Waals surface area contributed by atoms with Crippen LogP contribution in [0.4, 0.5) is 5.82 Å². The minimum Gasteiger partial charge on any atom is -0.497 e. The van der Waals surface area contributed by atoms with Gasteiger partial charge in [0.25, 0.3) is 0 Å². The highest BCUT2D eigenvalue weighted by atomic mass is 16.5. The van der Waals surface area contributed by atoms with E-state index in [1.54, 1.807) is 13.4 Å². The van der Waals surface area contributed by atoms with Crippen molar-refractivity contribution in [1.29, 1.82) is 0 Å². The lowest BCUT2D eigenvalue weighted by Crippen LogP contribution is -2.10. The highest BCUT2D eigenvalue weighted by Crippen LogP contribution is 2.35. The predicted octanol–water partition coefficient (Wildman–Crippen LogP) is 4.12. The summed E-state index contributed by atoms with van der Waals surface area (Å²) in [5.74, 6) is 1.54. The van der Waals surface area contributed by atoms with Crippen LogP contribution in [0.2, 0.25) is 0 Å². The first-order valence-electron chi connectivity index (χ1n) is 9.63. The van der Waals surface area contributed by atoms with E-state index in [2.05, 4.69) is 57.1 Å². The molecule has 0 aliphatic rings. The third-order valence-electron chi connectivity index (χ3n) is 5.09. The smallest absolute Gasteiger partial charge is 0.146 e. The van der Waals surface area contributed by atoms with Gasteiger partial charge in [-0.1, -0.05) is 30.3 Å². The van der Waals surface area contributed by atoms with Gasteiger partial charge in [0.05, 0.1) is 30.8 Å². The average Bonchev–Trinajstić information content (AvgIpc) is 3.18. The Morgan fingerprint density at radius 3 is 2.52 bits per heavy atom. The van der Waals surface area contributed by atoms with E-state index in [0.29, 0.717) is 6.54 Å². The SMILES string of the molecule is COc1ccc(-c2cc3c(NCCO)ncnc3n2C(C)c2ccccc2)cc1. The first-order chi connectivity index (χ1) is 14.2. The number of fused-ring (bicyclic) bond motifs is 1. The number of hydrogen-bond acceptors (Lipinski definition) is 5. The molecule has 0 bridgehead atoms. The molecule has 0 spiro atoms. The molecule has 2 N–H and O–H groups in total. The van der Waals surface area contributed by atoms with Crippen molar-refractivity contribution in [1.82, 2.24) is 14.5 Å². The molecule has 0 saturated carbocycles. The maximum absolute atomic E-state index is 9.20. The number of nitrogens with one attached hydrogen (secondary N) is 1. The summed E-state index contributed by atoms with van der Waals surface area (Å²) in [6.07, 6.45) is 1.56. The van der Waals surface area contributed by atoms with Crippen molar-refractivity contribution in [3.8, 4) is 17.0 Å². The van der Waals surface area contributed by atoms with E-state index in [4.69, 9.17) is 4.74 Å². The van der Waals surface area contributed by atoms with Crippen LogP contribution in [0, 0.1) is 0 Å². The minimum absolute atomic E-state index is 0.0396. The lowest BCUT2D eigenvalue weighted by Gasteiger charge is -2.19. The Hall–Kier alpha value is -3.38. The molecule has 0 aliphatic heterocycles. The minimum atomic E-state index is 0.0396. The van der Waals surface area contributed by atoms with Crippen molar-refractivity contribution in [3.05, 3.63) is 72.6 Å². The van der Waals surface area contributed by atoms with Crippen molar-refractivity contribution in [3.63, 3.8) is 0 Å². The van der Waals surface area contributed by atoms with Gasteiger partial charge in [0, 0.05) is 6.54 Å². The maximum Gasteiger partial charge on any atom is 0.146 e. The number of nitrogens with zero attached hydrogens (tertiary/aromatic N) is 3. The van der Waals surface area contributed by atoms with Gasteiger partial charge in [-0.15, -0.1) is 0 Å². The van der Waals surface area contributed by atoms with Crippen LogP contribution in [0.15, 0.2) is 67.0 Å². The molecule has 1 unspecified atom stereocenters. The highest BCUT2D eigenvalue weighted by molar-refractivity contribution is 5.92. The molecule has 148 valence electrons. The molecule has 29 heavy (non-hydrogen) atoms. The molecule has 4 aromatic rings. The van der Waals surface area contributed by atoms with Crippen LogP contribution >= 0.6 is 0 Å². The maximum atomic E-state index is 9.20. The van der Waals surface area contributed by atoms with Gasteiger partial charge >= 0.3 is 0 Å². The van der Waals surface area contributed by atoms with Gasteiger partial charge in [-0.3, -0.25) is 0 Å². The molecule has 0 amide bonds. The molecular formula is C23H24N4O2. The van der Waals surface area contributed by atoms with Gasteiger partial charge in [0.1, 0.15) is 23.5 Å². The highest BCUT2D eigenvalue weighted by Gasteiger charge is 2.20. The molecular weight excluding hydrogens is 364 g/mol. The zero-order valence-corrected chi connectivity index (χ0v) is 16.5. The summed E-state index contributed by atoms with van der Waals surface area (Å²) >= 11 is 0. The number of rotatable bonds is 7. The number of aliphatic hydroxyl groups excluding tert-OH is 1. The molecule has 2 aromatic heterocycles. The topological polar surface area (TPSA) is 72.2 Å². The second kappa shape index (κ2) is 8.32. The molecule has 0 radical (unpaired) electrons. The van der Waals surface area contributed by atoms with Gasteiger partial charge in [-0.2, -0.15) is 0 Å². The van der Waals surface area contributed by atoms with Gasteiger partial charge in [0.2, 0.25) is 0 Å². The average molecular weight is 388 g/mol. The Labute approximate surface area is 169 Å². The number of benzene rings is 2. The van der Waals surface area contributed by atoms with E-state index in [9.17, 15) is 5.11 Å². The van der Waals surface area contributed by atoms with Gasteiger partial charge < -0.3 is 19.7 Å². The van der Waals surface area contributed by atoms with Crippen molar-refractivity contribution in [2.45, 2.75) is 13.0 Å². The summed E-state index contributed by atoms with van der Waals surface area (Å²) in [4.78, 5) is 8.99. The Morgan fingerprint density at radius 2 is 1.83 bits per heavy atom. The van der Waals surface area contributed by atoms with Gasteiger partial charge in [-0.25, -0.2) is 9.97 Å². The van der Waals surface area contributed by atoms with Crippen molar-refractivity contribution in [2.75, 3.05) is 25.6 Å². The zero-order chi connectivity index (χ0) is 20.2. The van der Waals surface area contributed by atoms with Crippen LogP contribution in [0.3, 0.4) is 0 Å². The van der Waals surface area contributed by atoms with Crippen molar-refractivity contribution in [2.24, 2.45) is 0 Å². The summed E-state index contributed by atoms with van der Waals surface area (Å²) in [5, 5.41) is 13.3. The van der Waals surface area contributed by atoms with Crippen LogP contribution in [-0.2, 0) is 0 Å². The summed E-state index contributed by atoms with van der Waals surface area (Å²) < 4.78 is 7.55. The lowest BCUT2D eigenvalue weighted by atomic mass is 10.1. The summed E-state index contributed by atoms with van der Waals surface area (Å²) in [5.41, 5.74) is 4.16. The van der Waals surface area contributed by atoms with E-state index in [1.807, 2.05) is 30.3 Å². The predicted molar refractivity (Wildman–Crippen MR) is 115 cm³/mol. The number of hydrogen-bond donors (Lipinski definition) is 2. The Morgan fingerprint density at radius 1 is 1.07 bits per heavy atom. The van der Waals surface area contributed by atoms with Gasteiger partial charge in [-0.05, 0) is 48.4 Å². The third-order valence-corrected chi connectivity index (χ3v) is 5.09. The largest absolute Gasteiger partial charge is 0.497 e. The Bertz CT molecular complexity index is 1090. The molecule has 6 nitrogen and oxygen atoms in total. The number of aromatic nitrogens is 3. The number of anilines is 1. The molecule has 4 rings (SSSR count). The standard InChI is InChI=1S/C23H24N4O2/c1-16(17-6-4-3-5-7-17)27-21(18-8-10-19(29-2)11-9-18)14-20-22(24-12-13-28)25-15-26-23(20)27/h3-11,14-16,28H,12-13H2,1-2H3,(H,24,25,26). The quantitative estimate of drug-likeness (QED) is 0.498. The normalized spacial score (nSPS) is 12.1. The van der Waals surface area contributed by atoms with E-state index in [1.165, 1.54) is 5.56 Å². The molecule has 0 fully saturated rings. The van der Waals surface area contributed by atoms with Crippen LogP contribution in [0.25, 0.3) is 22.3 Å². The molecule has 2 heterocycles. The Kier molecular flexibility index (Phi) is 5.44. The molecule has 6 heteroatoms. The second-order valence-electron chi connectivity index (χ2n) is 6.82. The summed E-state index contributed by atoms with van der Waals surface area (Å²) in [6.45, 7) is 2.64. The fraction of sp³-hybridized carbons (Fsp3) is 0.217. The molecule has 0 saturated heterocycles. The fourth-order valence-electron chi connectivity index (χ4n) is 3.60. The number of ether oxygens (including phenoxy) is 1. The number of aliphatic hydroxyl groups is 1. The van der Waals surface area contributed by atoms with Crippen molar-refractivity contribution >= 4 is 16.9 Å². The molecule has 0 aliphatic carbocycles. The monoisotopic (exact) mass is 388 g/mol. The van der Waals surface area contributed by atoms with Crippen molar-refractivity contribution < 1.29 is 9.84 Å². The van der Waals surface area contributed by atoms with E-state index < -0.39 is 0 Å². The Balaban J connectivity index is 1.92. The fourth-order valence-corrected chi connectivity index (χ4v) is 3.60. The molecule has 1 atom stereocenters. The number of methoxy groups -OCH3 is 1. The third kappa shape index (κ3) is 3.67. The van der Waals surface area contributed by atoms with Crippen LogP contribution in [-0.4, -0.2) is 39.9 Å². The zero-order valence-electron chi connectivity index (χ0n) is 16.5. The van der Waals surface area contributed by atoms with E-state index in [0.717, 1.165) is 33.9 Å². The molecule has 2 aromatic carbocycles. The van der Waals surface area contributed by atoms with E-state index >= 15 is 0 Å². The second-order valence-corrected chi connectivity index (χ2v) is 6.82. The first kappa shape index (κ1) is 19.0. The van der Waals surface area contributed by atoms with Crippen LogP contribution < -0.4 is 10.1 Å². The summed E-state index contributed by atoms with van der Waals surface area (Å²) in [6, 6.07) is 20.6. The van der Waals surface area contributed by atoms with Crippen LogP contribution in [0.1, 0.15) is 18.5 Å². The summed E-state index contributed by atoms with van der Waals surface area (Å²) in [7, 11) is 1.66. The first-order valence-corrected chi connectivity index (χ1v) is 9.63. The van der Waals surface area contributed by atoms with E-state index in [-0.39, 0.29) is 12.6 Å². The van der Waals surface area contributed by atoms with Crippen LogP contribution in [0.5, 0.6) is 5.75 Å².